The summed E-state index contributed by atoms with van der Waals surface area (Å²) in [4.78, 5) is 21.4. The molecule has 0 aliphatic carbocycles. The fourth-order valence-electron chi connectivity index (χ4n) is 2.81. The van der Waals surface area contributed by atoms with Gasteiger partial charge in [0, 0.05) is 11.1 Å². The van der Waals surface area contributed by atoms with Crippen molar-refractivity contribution in [2.24, 2.45) is 0 Å². The van der Waals surface area contributed by atoms with Crippen molar-refractivity contribution in [2.45, 2.75) is 0 Å². The van der Waals surface area contributed by atoms with E-state index in [1.807, 2.05) is 48.5 Å². The Morgan fingerprint density at radius 3 is 1.22 bits per heavy atom. The molecule has 0 aliphatic rings. The summed E-state index contributed by atoms with van der Waals surface area (Å²) in [7, 11) is 0. The number of benzene rings is 4. The average molecular weight is 550 g/mol. The molecule has 0 saturated carbocycles. The average Bonchev–Trinajstić information content (AvgIpc) is 2.67. The summed E-state index contributed by atoms with van der Waals surface area (Å²) in [6.07, 6.45) is 0. The summed E-state index contributed by atoms with van der Waals surface area (Å²) >= 11 is 0. The van der Waals surface area contributed by atoms with Crippen molar-refractivity contribution in [1.82, 2.24) is 0 Å². The van der Waals surface area contributed by atoms with Crippen LogP contribution in [0.2, 0.25) is 0 Å². The summed E-state index contributed by atoms with van der Waals surface area (Å²) < 4.78 is 0. The number of carboxylic acids is 2. The van der Waals surface area contributed by atoms with Crippen molar-refractivity contribution in [2.75, 3.05) is 0 Å². The molecule has 0 amide bonds. The Morgan fingerprint density at radius 1 is 0.519 bits per heavy atom. The Morgan fingerprint density at radius 2 is 0.852 bits per heavy atom. The third-order valence-electron chi connectivity index (χ3n) is 4.02. The molecular formula is C22H14O4Pb. The largest absolute Gasteiger partial charge is 2.00 e. The second kappa shape index (κ2) is 9.27. The van der Waals surface area contributed by atoms with E-state index in [9.17, 15) is 19.8 Å². The minimum Gasteiger partial charge on any atom is -0.545 e. The fraction of sp³-hybridized carbons (Fsp3) is 0. The van der Waals surface area contributed by atoms with E-state index in [2.05, 4.69) is 0 Å². The summed E-state index contributed by atoms with van der Waals surface area (Å²) in [5.74, 6) is -2.26. The molecule has 130 valence electrons. The van der Waals surface area contributed by atoms with Gasteiger partial charge in [-0.2, -0.15) is 0 Å². The first-order valence-electron chi connectivity index (χ1n) is 7.96. The van der Waals surface area contributed by atoms with Crippen LogP contribution in [0.1, 0.15) is 20.7 Å². The van der Waals surface area contributed by atoms with Crippen LogP contribution < -0.4 is 10.2 Å². The zero-order valence-corrected chi connectivity index (χ0v) is 18.1. The van der Waals surface area contributed by atoms with Gasteiger partial charge in [-0.15, -0.1) is 0 Å². The molecule has 4 nitrogen and oxygen atoms in total. The predicted molar refractivity (Wildman–Crippen MR) is 102 cm³/mol. The number of hydrogen-bond donors (Lipinski definition) is 0. The van der Waals surface area contributed by atoms with E-state index in [0.29, 0.717) is 0 Å². The number of rotatable bonds is 2. The number of fused-ring (bicyclic) bond motifs is 2. The smallest absolute Gasteiger partial charge is 0.545 e. The van der Waals surface area contributed by atoms with Gasteiger partial charge in [0.2, 0.25) is 0 Å². The molecule has 0 fully saturated rings. The number of carbonyl (C=O) groups is 2. The van der Waals surface area contributed by atoms with Crippen LogP contribution in [-0.4, -0.2) is 39.2 Å². The third kappa shape index (κ3) is 4.71. The zero-order chi connectivity index (χ0) is 18.5. The van der Waals surface area contributed by atoms with Crippen molar-refractivity contribution in [3.8, 4) is 0 Å². The van der Waals surface area contributed by atoms with E-state index >= 15 is 0 Å². The first-order chi connectivity index (χ1) is 12.6. The van der Waals surface area contributed by atoms with Crippen molar-refractivity contribution < 1.29 is 19.8 Å². The molecular weight excluding hydrogens is 535 g/mol. The maximum absolute atomic E-state index is 10.7. The van der Waals surface area contributed by atoms with Crippen LogP contribution in [-0.2, 0) is 0 Å². The summed E-state index contributed by atoms with van der Waals surface area (Å²) in [6, 6.07) is 25.0. The van der Waals surface area contributed by atoms with Crippen molar-refractivity contribution in [3.63, 3.8) is 0 Å². The van der Waals surface area contributed by atoms with Crippen LogP contribution in [0.25, 0.3) is 21.5 Å². The number of hydrogen-bond acceptors (Lipinski definition) is 4. The van der Waals surface area contributed by atoms with E-state index in [1.165, 1.54) is 0 Å². The first-order valence-corrected chi connectivity index (χ1v) is 7.96. The zero-order valence-electron chi connectivity index (χ0n) is 14.2. The molecule has 5 heteroatoms. The maximum Gasteiger partial charge on any atom is 2.00 e. The quantitative estimate of drug-likeness (QED) is 0.359. The Balaban J connectivity index is 0.000000187. The van der Waals surface area contributed by atoms with Crippen molar-refractivity contribution in [3.05, 3.63) is 96.1 Å². The van der Waals surface area contributed by atoms with Gasteiger partial charge < -0.3 is 19.8 Å². The van der Waals surface area contributed by atoms with Gasteiger partial charge in [-0.1, -0.05) is 84.9 Å². The molecule has 27 heavy (non-hydrogen) atoms. The normalized spacial score (nSPS) is 9.78. The minimum absolute atomic E-state index is 0. The molecule has 0 aromatic heterocycles. The van der Waals surface area contributed by atoms with E-state index < -0.39 is 11.9 Å². The molecule has 0 saturated heterocycles. The van der Waals surface area contributed by atoms with Crippen LogP contribution in [0.5, 0.6) is 0 Å². The Hall–Kier alpha value is -2.74. The molecule has 0 unspecified atom stereocenters. The van der Waals surface area contributed by atoms with Gasteiger partial charge in [-0.05, 0) is 21.5 Å². The molecule has 0 heterocycles. The van der Waals surface area contributed by atoms with Gasteiger partial charge in [-0.25, -0.2) is 0 Å². The van der Waals surface area contributed by atoms with Crippen LogP contribution in [0.15, 0.2) is 84.9 Å². The van der Waals surface area contributed by atoms with Gasteiger partial charge in [0.1, 0.15) is 0 Å². The molecule has 0 N–H and O–H groups in total. The molecule has 0 aliphatic heterocycles. The van der Waals surface area contributed by atoms with Gasteiger partial charge in [0.15, 0.2) is 0 Å². The third-order valence-corrected chi connectivity index (χ3v) is 4.02. The molecule has 2 radical (unpaired) electrons. The van der Waals surface area contributed by atoms with Crippen molar-refractivity contribution in [1.29, 1.82) is 0 Å². The SMILES string of the molecule is O=C([O-])c1cccc2ccccc12.O=C([O-])c1cccc2ccccc12.[Pb+2]. The molecule has 4 rings (SSSR count). The van der Waals surface area contributed by atoms with E-state index in [1.54, 1.807) is 36.4 Å². The summed E-state index contributed by atoms with van der Waals surface area (Å²) in [6.45, 7) is 0. The number of carbonyl (C=O) groups excluding carboxylic acids is 2. The monoisotopic (exact) mass is 550 g/mol. The predicted octanol–water partition coefficient (Wildman–Crippen LogP) is 2.03. The van der Waals surface area contributed by atoms with Crippen LogP contribution in [0.4, 0.5) is 0 Å². The molecule has 0 atom stereocenters. The summed E-state index contributed by atoms with van der Waals surface area (Å²) in [5.41, 5.74) is 0.496. The van der Waals surface area contributed by atoms with Crippen LogP contribution in [0, 0.1) is 0 Å². The first kappa shape index (κ1) is 20.6. The fourth-order valence-corrected chi connectivity index (χ4v) is 2.81. The number of aromatic carboxylic acids is 2. The topological polar surface area (TPSA) is 80.3 Å². The van der Waals surface area contributed by atoms with E-state index in [0.717, 1.165) is 21.5 Å². The Labute approximate surface area is 176 Å². The van der Waals surface area contributed by atoms with E-state index in [-0.39, 0.29) is 38.4 Å². The van der Waals surface area contributed by atoms with Gasteiger partial charge in [-0.3, -0.25) is 0 Å². The molecule has 4 aromatic rings. The Kier molecular flexibility index (Phi) is 7.06. The van der Waals surface area contributed by atoms with Gasteiger partial charge in [0.25, 0.3) is 0 Å². The van der Waals surface area contributed by atoms with Crippen molar-refractivity contribution >= 4 is 60.8 Å². The second-order valence-electron chi connectivity index (χ2n) is 5.63. The Bertz CT molecular complexity index is 1010. The molecule has 4 aromatic carbocycles. The summed E-state index contributed by atoms with van der Waals surface area (Å²) in [5, 5.41) is 24.7. The second-order valence-corrected chi connectivity index (χ2v) is 5.63. The molecule has 0 spiro atoms. The van der Waals surface area contributed by atoms with Gasteiger partial charge >= 0.3 is 27.3 Å². The maximum atomic E-state index is 10.7. The molecule has 0 bridgehead atoms. The van der Waals surface area contributed by atoms with E-state index in [4.69, 9.17) is 0 Å². The number of carboxylic acid groups (broad SMARTS) is 2. The van der Waals surface area contributed by atoms with Gasteiger partial charge in [0.05, 0.1) is 11.9 Å². The van der Waals surface area contributed by atoms with Crippen LogP contribution >= 0.6 is 0 Å². The standard InChI is InChI=1S/2C11H8O2.Pb/c2*12-11(13)10-7-3-5-8-4-1-2-6-9(8)10;/h2*1-7H,(H,12,13);/q;;+2/p-2. The van der Waals surface area contributed by atoms with Crippen LogP contribution in [0.3, 0.4) is 0 Å². The minimum atomic E-state index is -1.13.